The summed E-state index contributed by atoms with van der Waals surface area (Å²) < 4.78 is 0. The molecule has 1 aliphatic heterocycles. The third-order valence-electron chi connectivity index (χ3n) is 4.20. The molecule has 0 bridgehead atoms. The fourth-order valence-corrected chi connectivity index (χ4v) is 3.10. The number of hydrogen-bond acceptors (Lipinski definition) is 3. The van der Waals surface area contributed by atoms with Crippen molar-refractivity contribution < 1.29 is 4.84 Å². The molecule has 2 aromatic carbocycles. The standard InChI is InChI=1S/C21H23ClN2O/c22-19-11-12-21(25-24-13-4-1-5-14-24)18(16-19)9-3-2-7-17-8-6-10-20(23)15-17/h6,8,10-12,15-16H,1,3-5,9,13-14,23H2. The summed E-state index contributed by atoms with van der Waals surface area (Å²) in [6.07, 6.45) is 5.21. The fraction of sp³-hybridized carbons (Fsp3) is 0.333. The van der Waals surface area contributed by atoms with Gasteiger partial charge in [0, 0.05) is 35.8 Å². The summed E-state index contributed by atoms with van der Waals surface area (Å²) in [5.74, 6) is 7.25. The van der Waals surface area contributed by atoms with Gasteiger partial charge in [-0.3, -0.25) is 0 Å². The Hall–Kier alpha value is -2.15. The van der Waals surface area contributed by atoms with Crippen molar-refractivity contribution >= 4 is 17.3 Å². The van der Waals surface area contributed by atoms with Gasteiger partial charge < -0.3 is 10.6 Å². The molecule has 1 fully saturated rings. The van der Waals surface area contributed by atoms with Crippen molar-refractivity contribution in [3.05, 3.63) is 58.6 Å². The van der Waals surface area contributed by atoms with Gasteiger partial charge in [-0.2, -0.15) is 0 Å². The number of hydrogen-bond donors (Lipinski definition) is 1. The molecular weight excluding hydrogens is 332 g/mol. The molecule has 130 valence electrons. The molecule has 1 saturated heterocycles. The largest absolute Gasteiger partial charge is 0.406 e. The lowest BCUT2D eigenvalue weighted by Crippen LogP contribution is -2.33. The van der Waals surface area contributed by atoms with Crippen LogP contribution in [0.15, 0.2) is 42.5 Å². The molecule has 4 heteroatoms. The van der Waals surface area contributed by atoms with Crippen LogP contribution in [0, 0.1) is 11.8 Å². The van der Waals surface area contributed by atoms with Gasteiger partial charge >= 0.3 is 0 Å². The fourth-order valence-electron chi connectivity index (χ4n) is 2.91. The molecule has 3 nitrogen and oxygen atoms in total. The number of piperidine rings is 1. The van der Waals surface area contributed by atoms with Gasteiger partial charge in [0.25, 0.3) is 0 Å². The van der Waals surface area contributed by atoms with Crippen molar-refractivity contribution in [3.63, 3.8) is 0 Å². The average Bonchev–Trinajstić information content (AvgIpc) is 2.62. The zero-order valence-electron chi connectivity index (χ0n) is 14.3. The molecule has 2 aromatic rings. The topological polar surface area (TPSA) is 38.5 Å². The van der Waals surface area contributed by atoms with Crippen LogP contribution >= 0.6 is 11.6 Å². The maximum absolute atomic E-state index is 6.17. The Morgan fingerprint density at radius 3 is 2.72 bits per heavy atom. The van der Waals surface area contributed by atoms with E-state index in [1.54, 1.807) is 0 Å². The van der Waals surface area contributed by atoms with Gasteiger partial charge in [0.2, 0.25) is 0 Å². The van der Waals surface area contributed by atoms with E-state index in [0.717, 1.165) is 53.5 Å². The second-order valence-electron chi connectivity index (χ2n) is 6.26. The minimum atomic E-state index is 0.727. The predicted octanol–water partition coefficient (Wildman–Crippen LogP) is 4.69. The normalized spacial score (nSPS) is 14.6. The lowest BCUT2D eigenvalue weighted by molar-refractivity contribution is -0.0727. The number of aryl methyl sites for hydroxylation is 1. The first-order valence-corrected chi connectivity index (χ1v) is 9.14. The van der Waals surface area contributed by atoms with Crippen molar-refractivity contribution in [1.82, 2.24) is 5.06 Å². The van der Waals surface area contributed by atoms with E-state index in [0.29, 0.717) is 0 Å². The zero-order valence-corrected chi connectivity index (χ0v) is 15.1. The minimum Gasteiger partial charge on any atom is -0.406 e. The van der Waals surface area contributed by atoms with E-state index < -0.39 is 0 Å². The molecule has 0 aliphatic carbocycles. The van der Waals surface area contributed by atoms with Crippen LogP contribution in [0.4, 0.5) is 5.69 Å². The zero-order chi connectivity index (χ0) is 17.5. The summed E-state index contributed by atoms with van der Waals surface area (Å²) in [7, 11) is 0. The second kappa shape index (κ2) is 8.80. The molecule has 1 heterocycles. The molecular formula is C21H23ClN2O. The molecule has 0 amide bonds. The van der Waals surface area contributed by atoms with Crippen LogP contribution in [0.5, 0.6) is 5.75 Å². The van der Waals surface area contributed by atoms with Crippen LogP contribution in [-0.2, 0) is 6.42 Å². The van der Waals surface area contributed by atoms with Crippen LogP contribution in [0.1, 0.15) is 36.8 Å². The average molecular weight is 355 g/mol. The first-order chi connectivity index (χ1) is 12.2. The van der Waals surface area contributed by atoms with Crippen LogP contribution in [0.25, 0.3) is 0 Å². The Bertz CT molecular complexity index is 773. The Kier molecular flexibility index (Phi) is 6.22. The van der Waals surface area contributed by atoms with Gasteiger partial charge in [-0.25, -0.2) is 0 Å². The smallest absolute Gasteiger partial charge is 0.150 e. The maximum atomic E-state index is 6.17. The van der Waals surface area contributed by atoms with Crippen LogP contribution in [0.3, 0.4) is 0 Å². The number of rotatable bonds is 4. The number of nitrogens with zero attached hydrogens (tertiary/aromatic N) is 1. The van der Waals surface area contributed by atoms with Crippen LogP contribution < -0.4 is 10.6 Å². The Morgan fingerprint density at radius 2 is 1.92 bits per heavy atom. The van der Waals surface area contributed by atoms with E-state index in [1.807, 2.05) is 42.5 Å². The summed E-state index contributed by atoms with van der Waals surface area (Å²) >= 11 is 6.17. The number of nitrogens with two attached hydrogens (primary N) is 1. The summed E-state index contributed by atoms with van der Waals surface area (Å²) in [5, 5.41) is 2.78. The van der Waals surface area contributed by atoms with Crippen LogP contribution in [0.2, 0.25) is 5.02 Å². The quantitative estimate of drug-likeness (QED) is 0.639. The first kappa shape index (κ1) is 17.7. The van der Waals surface area contributed by atoms with Crippen molar-refractivity contribution in [2.45, 2.75) is 32.1 Å². The first-order valence-electron chi connectivity index (χ1n) is 8.76. The van der Waals surface area contributed by atoms with Crippen molar-refractivity contribution in [3.8, 4) is 17.6 Å². The lowest BCUT2D eigenvalue weighted by Gasteiger charge is -2.27. The lowest BCUT2D eigenvalue weighted by atomic mass is 10.1. The van der Waals surface area contributed by atoms with E-state index in [1.165, 1.54) is 19.3 Å². The highest BCUT2D eigenvalue weighted by atomic mass is 35.5. The van der Waals surface area contributed by atoms with E-state index in [-0.39, 0.29) is 0 Å². The van der Waals surface area contributed by atoms with Gasteiger partial charge in [0.05, 0.1) is 0 Å². The monoisotopic (exact) mass is 354 g/mol. The third kappa shape index (κ3) is 5.42. The number of halogens is 1. The summed E-state index contributed by atoms with van der Waals surface area (Å²) in [6, 6.07) is 13.4. The van der Waals surface area contributed by atoms with Gasteiger partial charge in [-0.1, -0.05) is 35.9 Å². The highest BCUT2D eigenvalue weighted by Crippen LogP contribution is 2.26. The highest BCUT2D eigenvalue weighted by molar-refractivity contribution is 6.30. The molecule has 0 spiro atoms. The SMILES string of the molecule is Nc1cccc(C#CCCc2cc(Cl)ccc2ON2CCCCC2)c1. The molecule has 2 N–H and O–H groups in total. The summed E-state index contributed by atoms with van der Waals surface area (Å²) in [6.45, 7) is 1.97. The number of hydroxylamine groups is 2. The molecule has 0 aromatic heterocycles. The Balaban J connectivity index is 1.64. The minimum absolute atomic E-state index is 0.727. The van der Waals surface area contributed by atoms with Crippen molar-refractivity contribution in [2.75, 3.05) is 18.8 Å². The van der Waals surface area contributed by atoms with Crippen LogP contribution in [-0.4, -0.2) is 18.2 Å². The number of anilines is 1. The van der Waals surface area contributed by atoms with E-state index >= 15 is 0 Å². The van der Waals surface area contributed by atoms with Crippen molar-refractivity contribution in [1.29, 1.82) is 0 Å². The Labute approximate surface area is 154 Å². The third-order valence-corrected chi connectivity index (χ3v) is 4.44. The number of nitrogen functional groups attached to an aromatic ring is 1. The molecule has 0 saturated carbocycles. The summed E-state index contributed by atoms with van der Waals surface area (Å²) in [5.41, 5.74) is 8.55. The maximum Gasteiger partial charge on any atom is 0.150 e. The molecule has 25 heavy (non-hydrogen) atoms. The van der Waals surface area contributed by atoms with Gasteiger partial charge in [0.15, 0.2) is 5.75 Å². The molecule has 1 aliphatic rings. The van der Waals surface area contributed by atoms with Crippen molar-refractivity contribution in [2.24, 2.45) is 0 Å². The highest BCUT2D eigenvalue weighted by Gasteiger charge is 2.14. The molecule has 0 radical (unpaired) electrons. The molecule has 0 atom stereocenters. The predicted molar refractivity (Wildman–Crippen MR) is 104 cm³/mol. The summed E-state index contributed by atoms with van der Waals surface area (Å²) in [4.78, 5) is 6.08. The molecule has 3 rings (SSSR count). The van der Waals surface area contributed by atoms with E-state index in [2.05, 4.69) is 16.9 Å². The second-order valence-corrected chi connectivity index (χ2v) is 6.70. The molecule has 0 unspecified atom stereocenters. The van der Waals surface area contributed by atoms with Gasteiger partial charge in [-0.15, -0.1) is 5.06 Å². The van der Waals surface area contributed by atoms with E-state index in [4.69, 9.17) is 22.2 Å². The van der Waals surface area contributed by atoms with Gasteiger partial charge in [-0.05, 0) is 61.2 Å². The van der Waals surface area contributed by atoms with E-state index in [9.17, 15) is 0 Å². The Morgan fingerprint density at radius 1 is 1.08 bits per heavy atom. The van der Waals surface area contributed by atoms with Gasteiger partial charge in [0.1, 0.15) is 0 Å². The number of benzene rings is 2.